The fourth-order valence-corrected chi connectivity index (χ4v) is 2.88. The molecule has 0 bridgehead atoms. The summed E-state index contributed by atoms with van der Waals surface area (Å²) >= 11 is 0. The zero-order valence-electron chi connectivity index (χ0n) is 15.1. The zero-order valence-corrected chi connectivity index (χ0v) is 15.1. The number of ether oxygens (including phenoxy) is 5. The maximum absolute atomic E-state index is 12.1. The molecule has 2 heterocycles. The molecular weight excluding hydrogens is 366 g/mol. The molecule has 0 saturated carbocycles. The van der Waals surface area contributed by atoms with E-state index in [4.69, 9.17) is 23.7 Å². The fraction of sp³-hybridized carbons (Fsp3) is 0.300. The molecule has 0 aliphatic carbocycles. The molecule has 0 atom stereocenters. The van der Waals surface area contributed by atoms with Crippen molar-refractivity contribution in [3.05, 3.63) is 47.5 Å². The summed E-state index contributed by atoms with van der Waals surface area (Å²) in [6.07, 6.45) is 0.623. The molecule has 0 fully saturated rings. The standard InChI is InChI=1S/C20H19NO7/c22-19(11-26-20(23)14-2-4-16-18(10-14)28-12-27-16)21-6-5-13-1-3-15-17(9-13)25-8-7-24-15/h1-4,9-10H,5-8,11-12H2,(H,21,22). The lowest BCUT2D eigenvalue weighted by Gasteiger charge is -2.18. The van der Waals surface area contributed by atoms with Crippen LogP contribution in [0.5, 0.6) is 23.0 Å². The van der Waals surface area contributed by atoms with Crippen molar-refractivity contribution in [2.45, 2.75) is 6.42 Å². The van der Waals surface area contributed by atoms with Crippen molar-refractivity contribution in [3.8, 4) is 23.0 Å². The van der Waals surface area contributed by atoms with Gasteiger partial charge in [0.2, 0.25) is 6.79 Å². The van der Waals surface area contributed by atoms with Gasteiger partial charge in [-0.15, -0.1) is 0 Å². The third-order valence-corrected chi connectivity index (χ3v) is 4.29. The number of carbonyl (C=O) groups is 2. The first kappa shape index (κ1) is 18.0. The molecule has 2 aromatic carbocycles. The molecule has 0 saturated heterocycles. The topological polar surface area (TPSA) is 92.3 Å². The third kappa shape index (κ3) is 4.11. The van der Waals surface area contributed by atoms with Gasteiger partial charge in [0, 0.05) is 6.54 Å². The second-order valence-electron chi connectivity index (χ2n) is 6.22. The number of amides is 1. The predicted octanol–water partition coefficient (Wildman–Crippen LogP) is 1.70. The number of hydrogen-bond acceptors (Lipinski definition) is 7. The molecule has 8 nitrogen and oxygen atoms in total. The van der Waals surface area contributed by atoms with Crippen molar-refractivity contribution < 1.29 is 33.3 Å². The fourth-order valence-electron chi connectivity index (χ4n) is 2.88. The first-order valence-corrected chi connectivity index (χ1v) is 8.91. The quantitative estimate of drug-likeness (QED) is 0.757. The molecule has 28 heavy (non-hydrogen) atoms. The minimum absolute atomic E-state index is 0.125. The van der Waals surface area contributed by atoms with Crippen LogP contribution in [-0.2, 0) is 16.0 Å². The van der Waals surface area contributed by atoms with E-state index in [1.54, 1.807) is 12.1 Å². The Bertz CT molecular complexity index is 896. The van der Waals surface area contributed by atoms with Gasteiger partial charge in [-0.2, -0.15) is 0 Å². The molecule has 1 amide bonds. The number of fused-ring (bicyclic) bond motifs is 2. The summed E-state index contributed by atoms with van der Waals surface area (Å²) in [5, 5.41) is 2.73. The van der Waals surface area contributed by atoms with Crippen LogP contribution < -0.4 is 24.3 Å². The number of nitrogens with one attached hydrogen (secondary N) is 1. The van der Waals surface area contributed by atoms with Crippen LogP contribution >= 0.6 is 0 Å². The van der Waals surface area contributed by atoms with Crippen LogP contribution in [0.2, 0.25) is 0 Å². The van der Waals surface area contributed by atoms with Crippen LogP contribution in [0.25, 0.3) is 0 Å². The van der Waals surface area contributed by atoms with Crippen LogP contribution in [0.4, 0.5) is 0 Å². The lowest BCUT2D eigenvalue weighted by Crippen LogP contribution is -2.30. The van der Waals surface area contributed by atoms with Gasteiger partial charge in [0.1, 0.15) is 13.2 Å². The molecule has 8 heteroatoms. The molecule has 4 rings (SSSR count). The van der Waals surface area contributed by atoms with E-state index in [-0.39, 0.29) is 19.3 Å². The predicted molar refractivity (Wildman–Crippen MR) is 97.0 cm³/mol. The third-order valence-electron chi connectivity index (χ3n) is 4.29. The summed E-state index contributed by atoms with van der Waals surface area (Å²) in [4.78, 5) is 24.0. The van der Waals surface area contributed by atoms with Gasteiger partial charge in [0.15, 0.2) is 29.6 Å². The van der Waals surface area contributed by atoms with Gasteiger partial charge in [0.25, 0.3) is 5.91 Å². The molecular formula is C20H19NO7. The van der Waals surface area contributed by atoms with E-state index < -0.39 is 5.97 Å². The van der Waals surface area contributed by atoms with E-state index in [1.807, 2.05) is 18.2 Å². The Morgan fingerprint density at radius 2 is 1.61 bits per heavy atom. The summed E-state index contributed by atoms with van der Waals surface area (Å²) in [5.41, 5.74) is 1.32. The Labute approximate surface area is 161 Å². The molecule has 2 aromatic rings. The van der Waals surface area contributed by atoms with Crippen molar-refractivity contribution in [2.75, 3.05) is 33.2 Å². The lowest BCUT2D eigenvalue weighted by atomic mass is 10.1. The highest BCUT2D eigenvalue weighted by Crippen LogP contribution is 2.32. The van der Waals surface area contributed by atoms with E-state index in [9.17, 15) is 9.59 Å². The maximum Gasteiger partial charge on any atom is 0.338 e. The number of esters is 1. The minimum Gasteiger partial charge on any atom is -0.486 e. The van der Waals surface area contributed by atoms with Crippen LogP contribution in [0, 0.1) is 0 Å². The van der Waals surface area contributed by atoms with Gasteiger partial charge in [-0.05, 0) is 42.3 Å². The Kier molecular flexibility index (Phi) is 5.18. The average Bonchev–Trinajstić information content (AvgIpc) is 3.20. The smallest absolute Gasteiger partial charge is 0.338 e. The monoisotopic (exact) mass is 385 g/mol. The Hall–Kier alpha value is -3.42. The van der Waals surface area contributed by atoms with Crippen LogP contribution in [0.3, 0.4) is 0 Å². The van der Waals surface area contributed by atoms with Crippen molar-refractivity contribution >= 4 is 11.9 Å². The van der Waals surface area contributed by atoms with Crippen LogP contribution in [0.15, 0.2) is 36.4 Å². The molecule has 0 aromatic heterocycles. The van der Waals surface area contributed by atoms with Crippen molar-refractivity contribution in [2.24, 2.45) is 0 Å². The van der Waals surface area contributed by atoms with E-state index in [1.165, 1.54) is 6.07 Å². The van der Waals surface area contributed by atoms with Gasteiger partial charge in [-0.25, -0.2) is 4.79 Å². The minimum atomic E-state index is -0.597. The number of benzene rings is 2. The van der Waals surface area contributed by atoms with E-state index in [2.05, 4.69) is 5.32 Å². The second-order valence-corrected chi connectivity index (χ2v) is 6.22. The van der Waals surface area contributed by atoms with E-state index in [0.29, 0.717) is 49.0 Å². The van der Waals surface area contributed by atoms with Gasteiger partial charge in [-0.3, -0.25) is 4.79 Å². The van der Waals surface area contributed by atoms with E-state index >= 15 is 0 Å². The van der Waals surface area contributed by atoms with Crippen LogP contribution in [0.1, 0.15) is 15.9 Å². The molecule has 0 spiro atoms. The Morgan fingerprint density at radius 3 is 2.50 bits per heavy atom. The second kappa shape index (κ2) is 8.08. The van der Waals surface area contributed by atoms with Gasteiger partial charge in [0.05, 0.1) is 5.56 Å². The average molecular weight is 385 g/mol. The van der Waals surface area contributed by atoms with Crippen LogP contribution in [-0.4, -0.2) is 45.0 Å². The Morgan fingerprint density at radius 1 is 0.893 bits per heavy atom. The summed E-state index contributed by atoms with van der Waals surface area (Å²) in [6, 6.07) is 10.4. The highest BCUT2D eigenvalue weighted by Gasteiger charge is 2.17. The maximum atomic E-state index is 12.1. The van der Waals surface area contributed by atoms with Gasteiger partial charge in [-0.1, -0.05) is 6.07 Å². The highest BCUT2D eigenvalue weighted by molar-refractivity contribution is 5.92. The summed E-state index contributed by atoms with van der Waals surface area (Å²) in [7, 11) is 0. The molecule has 0 unspecified atom stereocenters. The largest absolute Gasteiger partial charge is 0.486 e. The summed E-state index contributed by atoms with van der Waals surface area (Å²) < 4.78 is 26.5. The van der Waals surface area contributed by atoms with Crippen molar-refractivity contribution in [1.29, 1.82) is 0 Å². The molecule has 2 aliphatic heterocycles. The highest BCUT2D eigenvalue weighted by atomic mass is 16.7. The summed E-state index contributed by atoms with van der Waals surface area (Å²) in [6.45, 7) is 1.27. The molecule has 0 radical (unpaired) electrons. The number of carbonyl (C=O) groups excluding carboxylic acids is 2. The number of hydrogen-bond donors (Lipinski definition) is 1. The molecule has 146 valence electrons. The SMILES string of the molecule is O=C(COC(=O)c1ccc2c(c1)OCO2)NCCc1ccc2c(c1)OCCO2. The number of rotatable bonds is 6. The molecule has 1 N–H and O–H groups in total. The van der Waals surface area contributed by atoms with Gasteiger partial charge < -0.3 is 29.0 Å². The lowest BCUT2D eigenvalue weighted by molar-refractivity contribution is -0.124. The zero-order chi connectivity index (χ0) is 19.3. The molecule has 2 aliphatic rings. The first-order chi connectivity index (χ1) is 13.7. The summed E-state index contributed by atoms with van der Waals surface area (Å²) in [5.74, 6) is 1.54. The normalized spacial score (nSPS) is 13.7. The Balaban J connectivity index is 1.21. The van der Waals surface area contributed by atoms with Gasteiger partial charge >= 0.3 is 5.97 Å². The van der Waals surface area contributed by atoms with E-state index in [0.717, 1.165) is 11.3 Å². The van der Waals surface area contributed by atoms with Crippen molar-refractivity contribution in [1.82, 2.24) is 5.32 Å². The van der Waals surface area contributed by atoms with Crippen molar-refractivity contribution in [3.63, 3.8) is 0 Å². The first-order valence-electron chi connectivity index (χ1n) is 8.91.